The molecular formula is C59H84O19. The smallest absolute Gasteiger partial charge is 0.174 e. The predicted octanol–water partition coefficient (Wildman–Crippen LogP) is 2.58. The molecule has 0 aromatic rings. The second kappa shape index (κ2) is 21.8. The molecule has 13 heterocycles. The Balaban J connectivity index is 0.675. The molecule has 13 rings (SSSR count). The molecule has 0 aromatic carbocycles. The van der Waals surface area contributed by atoms with Crippen LogP contribution in [0.1, 0.15) is 92.4 Å². The molecule has 78 heavy (non-hydrogen) atoms. The van der Waals surface area contributed by atoms with Gasteiger partial charge in [0.25, 0.3) is 0 Å². The highest BCUT2D eigenvalue weighted by molar-refractivity contribution is 5.19. The van der Waals surface area contributed by atoms with Crippen molar-refractivity contribution in [1.29, 1.82) is 0 Å². The van der Waals surface area contributed by atoms with E-state index in [1.165, 1.54) is 6.08 Å². The number of hydrogen-bond acceptors (Lipinski definition) is 19. The summed E-state index contributed by atoms with van der Waals surface area (Å²) in [7, 11) is 0. The van der Waals surface area contributed by atoms with Gasteiger partial charge in [-0.25, -0.2) is 0 Å². The number of hydrogen-bond donors (Lipinski definition) is 6. The molecular weight excluding hydrogens is 1010 g/mol. The fraction of sp³-hybridized carbons (Fsp3) is 0.831. The van der Waals surface area contributed by atoms with Crippen molar-refractivity contribution in [2.24, 2.45) is 23.7 Å². The Morgan fingerprint density at radius 2 is 1.14 bits per heavy atom. The molecule has 19 nitrogen and oxygen atoms in total. The zero-order valence-corrected chi connectivity index (χ0v) is 45.4. The second-order valence-corrected chi connectivity index (χ2v) is 25.5. The van der Waals surface area contributed by atoms with Crippen molar-refractivity contribution in [2.75, 3.05) is 13.2 Å². The molecule has 1 unspecified atom stereocenters. The van der Waals surface area contributed by atoms with Gasteiger partial charge < -0.3 is 92.2 Å². The lowest BCUT2D eigenvalue weighted by atomic mass is 9.75. The van der Waals surface area contributed by atoms with Crippen LogP contribution in [-0.2, 0) is 61.6 Å². The summed E-state index contributed by atoms with van der Waals surface area (Å²) < 4.78 is 88.6. The molecule has 19 heteroatoms. The number of rotatable bonds is 3. The Morgan fingerprint density at radius 3 is 1.92 bits per heavy atom. The zero-order valence-electron chi connectivity index (χ0n) is 45.4. The molecule has 13 aliphatic heterocycles. The van der Waals surface area contributed by atoms with Crippen molar-refractivity contribution in [2.45, 2.75) is 269 Å². The van der Waals surface area contributed by atoms with E-state index in [-0.39, 0.29) is 85.5 Å². The SMILES string of the molecule is C[C@@H]1C[C@@H]2O[C@@H]3[C@@H](C)[C@H](O)[C@@H]4OC5(C[C@H](O)CO5)[C@@H](C)[C@H](C)[C@H]4O[C@H]3C[C@H]2O[C@H]2C[C@H]3O[C@@H]4C=CC[C@H]5O[C@H]6C=C[C@H]7O[C@H]8[C@H](O)[C@H]9O[C@@H](C=C[C@H](O)CO)C=CC[C@@H]9O[C@@H]8C[C@@H]7O[C@@H]6C=C[C@@H]5O[C@@H]4C[C@@H](O)[C@]3(C)O[C@@H]2C1. The van der Waals surface area contributed by atoms with Crippen LogP contribution in [0.15, 0.2) is 60.8 Å². The summed E-state index contributed by atoms with van der Waals surface area (Å²) in [5.41, 5.74) is -1.05. The molecule has 0 amide bonds. The Hall–Kier alpha value is -2.06. The molecule has 1 spiro atoms. The predicted molar refractivity (Wildman–Crippen MR) is 274 cm³/mol. The van der Waals surface area contributed by atoms with Gasteiger partial charge in [0.2, 0.25) is 0 Å². The molecule has 6 N–H and O–H groups in total. The number of aliphatic hydroxyl groups is 6. The van der Waals surface area contributed by atoms with Crippen molar-refractivity contribution in [1.82, 2.24) is 0 Å². The fourth-order valence-corrected chi connectivity index (χ4v) is 15.7. The maximum absolute atomic E-state index is 12.3. The lowest BCUT2D eigenvalue weighted by Crippen LogP contribution is -2.63. The van der Waals surface area contributed by atoms with Crippen LogP contribution in [0.5, 0.6) is 0 Å². The van der Waals surface area contributed by atoms with Gasteiger partial charge in [0.1, 0.15) is 60.5 Å². The van der Waals surface area contributed by atoms with Crippen LogP contribution in [0.4, 0.5) is 0 Å². The molecule has 13 aliphatic rings. The number of fused-ring (bicyclic) bond motifs is 11. The number of ether oxygens (including phenoxy) is 13. The van der Waals surface area contributed by atoms with E-state index in [4.69, 9.17) is 61.6 Å². The highest BCUT2D eigenvalue weighted by Gasteiger charge is 2.63. The van der Waals surface area contributed by atoms with Crippen LogP contribution >= 0.6 is 0 Å². The third-order valence-corrected chi connectivity index (χ3v) is 20.3. The van der Waals surface area contributed by atoms with E-state index < -0.39 is 134 Å². The summed E-state index contributed by atoms with van der Waals surface area (Å²) in [4.78, 5) is 0. The first kappa shape index (κ1) is 55.1. The minimum absolute atomic E-state index is 0.0319. The van der Waals surface area contributed by atoms with E-state index in [0.717, 1.165) is 6.42 Å². The highest BCUT2D eigenvalue weighted by atomic mass is 16.7. The number of aliphatic hydroxyl groups excluding tert-OH is 6. The average molecular weight is 1100 g/mol. The average Bonchev–Trinajstić information content (AvgIpc) is 3.70. The normalized spacial score (nSPS) is 56.9. The van der Waals surface area contributed by atoms with Crippen LogP contribution in [0, 0.1) is 23.7 Å². The van der Waals surface area contributed by atoms with Gasteiger partial charge in [-0.1, -0.05) is 88.5 Å². The van der Waals surface area contributed by atoms with Crippen molar-refractivity contribution >= 4 is 0 Å². The van der Waals surface area contributed by atoms with Gasteiger partial charge in [-0.2, -0.15) is 0 Å². The first-order valence-corrected chi connectivity index (χ1v) is 29.5. The third-order valence-electron chi connectivity index (χ3n) is 20.3. The van der Waals surface area contributed by atoms with Gasteiger partial charge in [-0.3, -0.25) is 0 Å². The molecule has 9 saturated heterocycles. The van der Waals surface area contributed by atoms with Gasteiger partial charge >= 0.3 is 0 Å². The van der Waals surface area contributed by atoms with Crippen molar-refractivity contribution < 1.29 is 92.2 Å². The van der Waals surface area contributed by atoms with E-state index in [2.05, 4.69) is 26.8 Å². The van der Waals surface area contributed by atoms with Gasteiger partial charge in [-0.05, 0) is 44.4 Å². The quantitative estimate of drug-likeness (QED) is 0.223. The lowest BCUT2D eigenvalue weighted by Gasteiger charge is -2.53. The second-order valence-electron chi connectivity index (χ2n) is 25.5. The lowest BCUT2D eigenvalue weighted by molar-refractivity contribution is -0.339. The fourth-order valence-electron chi connectivity index (χ4n) is 15.7. The summed E-state index contributed by atoms with van der Waals surface area (Å²) in [5.74, 6) is -1.19. The van der Waals surface area contributed by atoms with Gasteiger partial charge in [0.15, 0.2) is 5.79 Å². The summed E-state index contributed by atoms with van der Waals surface area (Å²) >= 11 is 0. The summed E-state index contributed by atoms with van der Waals surface area (Å²) in [6, 6.07) is 0. The highest BCUT2D eigenvalue weighted by Crippen LogP contribution is 2.52. The largest absolute Gasteiger partial charge is 0.393 e. The minimum Gasteiger partial charge on any atom is -0.393 e. The Morgan fingerprint density at radius 1 is 0.526 bits per heavy atom. The molecule has 0 radical (unpaired) electrons. The van der Waals surface area contributed by atoms with Crippen LogP contribution in [0.25, 0.3) is 0 Å². The standard InChI is InChI=1S/C59H84O19/c1-27-18-41-43(21-47-53(75-41)29(3)51(64)57-54(76-47)28(2)30(4)59(78-57)24-32(62)26-66-59)72-45-23-50-58(5,77-46(45)19-27)49(63)22-44-35(73-50)10-7-9-34-36(70-44)14-15-38-37(68-34)16-17-39-42(69-38)20-48-56(74-39)52(65)55-40(71-48)11-6-8-33(67-55)13-12-31(61)25-60/h6-8,10,12-17,27-57,60-65H,9,11,18-26H2,1-5H3/t27-,28+,29+,30+,31+,32+,33-,34-,35-,36+,37+,38-,39-,40+,41+,42+,43-,44-,45+,46-,47+,48-,49-,50-,51+,52-,53-,54-,55+,56-,57+,58+,59?/m1/s1. The maximum Gasteiger partial charge on any atom is 0.174 e. The first-order valence-electron chi connectivity index (χ1n) is 29.5. The monoisotopic (exact) mass is 1100 g/mol. The van der Waals surface area contributed by atoms with E-state index >= 15 is 0 Å². The Bertz CT molecular complexity index is 2280. The van der Waals surface area contributed by atoms with Crippen LogP contribution < -0.4 is 0 Å². The zero-order chi connectivity index (χ0) is 53.9. The van der Waals surface area contributed by atoms with E-state index in [1.807, 2.05) is 56.4 Å². The maximum atomic E-state index is 12.3. The Labute approximate surface area is 457 Å². The first-order chi connectivity index (χ1) is 37.5. The van der Waals surface area contributed by atoms with E-state index in [9.17, 15) is 30.6 Å². The van der Waals surface area contributed by atoms with E-state index in [0.29, 0.717) is 44.9 Å². The summed E-state index contributed by atoms with van der Waals surface area (Å²) in [6.45, 7) is 10.2. The topological polar surface area (TPSA) is 241 Å². The molecule has 9 fully saturated rings. The van der Waals surface area contributed by atoms with Crippen LogP contribution in [-0.4, -0.2) is 220 Å². The van der Waals surface area contributed by atoms with Crippen LogP contribution in [0.3, 0.4) is 0 Å². The van der Waals surface area contributed by atoms with Crippen LogP contribution in [0.2, 0.25) is 0 Å². The van der Waals surface area contributed by atoms with E-state index in [1.54, 1.807) is 6.08 Å². The summed E-state index contributed by atoms with van der Waals surface area (Å²) in [6.07, 6.45) is 9.53. The molecule has 0 aromatic heterocycles. The van der Waals surface area contributed by atoms with Crippen molar-refractivity contribution in [3.05, 3.63) is 60.8 Å². The van der Waals surface area contributed by atoms with Crippen molar-refractivity contribution in [3.8, 4) is 0 Å². The van der Waals surface area contributed by atoms with Gasteiger partial charge in [0.05, 0.1) is 123 Å². The molecule has 0 aliphatic carbocycles. The molecule has 0 bridgehead atoms. The van der Waals surface area contributed by atoms with Crippen molar-refractivity contribution in [3.63, 3.8) is 0 Å². The van der Waals surface area contributed by atoms with Gasteiger partial charge in [-0.15, -0.1) is 0 Å². The molecule has 0 saturated carbocycles. The summed E-state index contributed by atoms with van der Waals surface area (Å²) in [5, 5.41) is 65.7. The molecule has 33 atom stereocenters. The Kier molecular flexibility index (Phi) is 15.4. The minimum atomic E-state index is -1.05. The third kappa shape index (κ3) is 10.0. The molecule has 434 valence electrons. The van der Waals surface area contributed by atoms with Gasteiger partial charge in [0, 0.05) is 43.9 Å².